The van der Waals surface area contributed by atoms with Crippen LogP contribution in [0.4, 0.5) is 5.82 Å². The number of hydrogen-bond donors (Lipinski definition) is 2. The van der Waals surface area contributed by atoms with Crippen LogP contribution in [0.15, 0.2) is 29.1 Å². The van der Waals surface area contributed by atoms with Gasteiger partial charge in [-0.3, -0.25) is 24.3 Å². The number of methoxy groups -OCH3 is 1. The number of rotatable bonds is 15. The zero-order valence-corrected chi connectivity index (χ0v) is 28.1. The van der Waals surface area contributed by atoms with Crippen molar-refractivity contribution >= 4 is 34.8 Å². The zero-order chi connectivity index (χ0) is 34.1. The number of benzene rings is 1. The van der Waals surface area contributed by atoms with Crippen molar-refractivity contribution in [3.8, 4) is 6.01 Å². The van der Waals surface area contributed by atoms with Crippen LogP contribution in [-0.4, -0.2) is 87.2 Å². The number of imidazole rings is 1. The average molecular weight is 655 g/mol. The molecule has 1 aromatic carbocycles. The molecule has 1 saturated heterocycles. The number of nitrogen functional groups attached to an aromatic ring is 1. The van der Waals surface area contributed by atoms with Gasteiger partial charge in [-0.2, -0.15) is 0 Å². The Hall–Kier alpha value is -4.46. The predicted octanol–water partition coefficient (Wildman–Crippen LogP) is 2.24. The number of carbonyl (C=O) groups is 3. The SMILES string of the molecule is CCCCOc1nc(N)c2[nH]c(=O)n(CCCN(Cc3ccc(CC(=O)OC)cc3)C(=O)CN3CCC[C@H]3C(=O)OC(C)(C)C)c2[nH+]1. The molecular weight excluding hydrogens is 606 g/mol. The molecule has 14 heteroatoms. The number of ether oxygens (including phenoxy) is 3. The Morgan fingerprint density at radius 1 is 1.15 bits per heavy atom. The fraction of sp³-hybridized carbons (Fsp3) is 0.576. The Morgan fingerprint density at radius 3 is 2.55 bits per heavy atom. The van der Waals surface area contributed by atoms with Crippen LogP contribution >= 0.6 is 0 Å². The number of amides is 1. The van der Waals surface area contributed by atoms with Crippen molar-refractivity contribution in [1.29, 1.82) is 0 Å². The molecule has 4 rings (SSSR count). The summed E-state index contributed by atoms with van der Waals surface area (Å²) in [5, 5.41) is 0. The molecule has 4 N–H and O–H groups in total. The van der Waals surface area contributed by atoms with Gasteiger partial charge in [-0.05, 0) is 69.1 Å². The molecular formula is C33H48N7O7+. The van der Waals surface area contributed by atoms with Crippen LogP contribution in [0.2, 0.25) is 0 Å². The van der Waals surface area contributed by atoms with Gasteiger partial charge in [0.1, 0.15) is 11.6 Å². The lowest BCUT2D eigenvalue weighted by Gasteiger charge is -2.29. The van der Waals surface area contributed by atoms with E-state index in [-0.39, 0.29) is 48.3 Å². The second kappa shape index (κ2) is 15.9. The van der Waals surface area contributed by atoms with E-state index in [9.17, 15) is 19.2 Å². The standard InChI is InChI=1S/C33H47N7O7/c1-6-7-18-46-31-36-28(34)27-29(37-31)40(32(44)35-27)17-9-16-39(20-23-13-11-22(12-14-23)19-26(42)45-5)25(41)21-38-15-8-10-24(38)30(43)47-33(2,3)4/h11-14,24H,6-10,15-21H2,1-5H3,(H,35,44)(H2,34,36,37)/p+1/t24-/m0/s1. The summed E-state index contributed by atoms with van der Waals surface area (Å²) in [5.74, 6) is -0.644. The molecule has 0 saturated carbocycles. The normalized spacial score (nSPS) is 15.1. The summed E-state index contributed by atoms with van der Waals surface area (Å²) in [7, 11) is 1.35. The number of nitrogens with zero attached hydrogens (tertiary/aromatic N) is 4. The van der Waals surface area contributed by atoms with Crippen LogP contribution in [0.1, 0.15) is 70.9 Å². The molecule has 14 nitrogen and oxygen atoms in total. The molecule has 256 valence electrons. The molecule has 3 aromatic rings. The van der Waals surface area contributed by atoms with Crippen LogP contribution in [0.5, 0.6) is 6.01 Å². The van der Waals surface area contributed by atoms with E-state index >= 15 is 0 Å². The molecule has 0 radical (unpaired) electrons. The van der Waals surface area contributed by atoms with Crippen LogP contribution < -0.4 is 21.1 Å². The van der Waals surface area contributed by atoms with Crippen LogP contribution in [0.3, 0.4) is 0 Å². The van der Waals surface area contributed by atoms with Crippen LogP contribution in [0.25, 0.3) is 11.2 Å². The second-order valence-electron chi connectivity index (χ2n) is 12.8. The monoisotopic (exact) mass is 654 g/mol. The van der Waals surface area contributed by atoms with E-state index in [1.54, 1.807) is 4.90 Å². The Labute approximate surface area is 274 Å². The van der Waals surface area contributed by atoms with Crippen LogP contribution in [0, 0.1) is 0 Å². The van der Waals surface area contributed by atoms with Gasteiger partial charge in [0.05, 0.1) is 33.2 Å². The number of H-pyrrole nitrogens is 2. The number of carbonyl (C=O) groups excluding carboxylic acids is 3. The van der Waals surface area contributed by atoms with E-state index in [2.05, 4.69) is 21.9 Å². The minimum Gasteiger partial charge on any atom is -0.469 e. The number of esters is 2. The average Bonchev–Trinajstić information content (AvgIpc) is 3.61. The Morgan fingerprint density at radius 2 is 1.87 bits per heavy atom. The molecule has 0 aliphatic carbocycles. The van der Waals surface area contributed by atoms with Gasteiger partial charge in [-0.1, -0.05) is 37.6 Å². The molecule has 0 spiro atoms. The van der Waals surface area contributed by atoms with Gasteiger partial charge in [0.15, 0.2) is 5.52 Å². The Kier molecular flexibility index (Phi) is 12.0. The van der Waals surface area contributed by atoms with Crippen molar-refractivity contribution in [2.45, 2.75) is 91.0 Å². The number of hydrogen-bond acceptors (Lipinski definition) is 10. The first-order valence-electron chi connectivity index (χ1n) is 16.2. The highest BCUT2D eigenvalue weighted by Gasteiger charge is 2.36. The van der Waals surface area contributed by atoms with Gasteiger partial charge in [0.25, 0.3) is 5.65 Å². The molecule has 1 amide bonds. The zero-order valence-electron chi connectivity index (χ0n) is 28.1. The largest absolute Gasteiger partial charge is 0.469 e. The van der Waals surface area contributed by atoms with Gasteiger partial charge in [0, 0.05) is 13.1 Å². The summed E-state index contributed by atoms with van der Waals surface area (Å²) in [6.07, 6.45) is 3.84. The number of aryl methyl sites for hydroxylation is 1. The maximum absolute atomic E-state index is 13.8. The number of likely N-dealkylation sites (tertiary alicyclic amines) is 1. The number of aromatic amines is 2. The van der Waals surface area contributed by atoms with Crippen molar-refractivity contribution in [3.05, 3.63) is 45.9 Å². The van der Waals surface area contributed by atoms with Gasteiger partial charge in [-0.15, -0.1) is 0 Å². The van der Waals surface area contributed by atoms with Crippen LogP contribution in [-0.2, 0) is 43.4 Å². The summed E-state index contributed by atoms with van der Waals surface area (Å²) >= 11 is 0. The molecule has 1 atom stereocenters. The minimum absolute atomic E-state index is 0.0613. The summed E-state index contributed by atoms with van der Waals surface area (Å²) in [5.41, 5.74) is 7.68. The third-order valence-electron chi connectivity index (χ3n) is 7.94. The number of anilines is 1. The maximum Gasteiger partial charge on any atom is 0.433 e. The van der Waals surface area contributed by atoms with Gasteiger partial charge in [-0.25, -0.2) is 14.3 Å². The van der Waals surface area contributed by atoms with E-state index in [1.807, 2.05) is 49.9 Å². The Balaban J connectivity index is 1.50. The first kappa shape index (κ1) is 35.4. The van der Waals surface area contributed by atoms with Gasteiger partial charge < -0.3 is 24.8 Å². The minimum atomic E-state index is -0.623. The van der Waals surface area contributed by atoms with Crippen molar-refractivity contribution in [1.82, 2.24) is 24.3 Å². The number of unbranched alkanes of at least 4 members (excludes halogenated alkanes) is 1. The highest BCUT2D eigenvalue weighted by atomic mass is 16.6. The van der Waals surface area contributed by atoms with E-state index < -0.39 is 11.6 Å². The first-order chi connectivity index (χ1) is 22.4. The number of fused-ring (bicyclic) bond motifs is 1. The van der Waals surface area contributed by atoms with Crippen molar-refractivity contribution in [2.75, 3.05) is 39.1 Å². The van der Waals surface area contributed by atoms with Gasteiger partial charge >= 0.3 is 23.6 Å². The number of aromatic nitrogens is 4. The third kappa shape index (κ3) is 9.77. The third-order valence-corrected chi connectivity index (χ3v) is 7.94. The van der Waals surface area contributed by atoms with Crippen molar-refractivity contribution in [2.24, 2.45) is 0 Å². The molecule has 1 aliphatic heterocycles. The quantitative estimate of drug-likeness (QED) is 0.183. The Bertz CT molecular complexity index is 1590. The highest BCUT2D eigenvalue weighted by molar-refractivity contribution is 5.81. The van der Waals surface area contributed by atoms with E-state index in [1.165, 1.54) is 11.7 Å². The highest BCUT2D eigenvalue weighted by Crippen LogP contribution is 2.22. The first-order valence-corrected chi connectivity index (χ1v) is 16.2. The fourth-order valence-electron chi connectivity index (χ4n) is 5.53. The maximum atomic E-state index is 13.8. The fourth-order valence-corrected chi connectivity index (χ4v) is 5.53. The lowest BCUT2D eigenvalue weighted by molar-refractivity contribution is -0.372. The molecule has 1 aliphatic rings. The molecule has 3 heterocycles. The van der Waals surface area contributed by atoms with Crippen molar-refractivity contribution in [3.63, 3.8) is 0 Å². The summed E-state index contributed by atoms with van der Waals surface area (Å²) in [6.45, 7) is 9.62. The molecule has 1 fully saturated rings. The smallest absolute Gasteiger partial charge is 0.433 e. The molecule has 2 aromatic heterocycles. The second-order valence-corrected chi connectivity index (χ2v) is 12.8. The van der Waals surface area contributed by atoms with Gasteiger partial charge in [0.2, 0.25) is 11.7 Å². The van der Waals surface area contributed by atoms with E-state index in [4.69, 9.17) is 19.9 Å². The summed E-state index contributed by atoms with van der Waals surface area (Å²) in [4.78, 5) is 65.1. The lowest BCUT2D eigenvalue weighted by Crippen LogP contribution is -2.46. The predicted molar refractivity (Wildman–Crippen MR) is 174 cm³/mol. The topological polar surface area (TPSA) is 176 Å². The molecule has 0 unspecified atom stereocenters. The molecule has 47 heavy (non-hydrogen) atoms. The number of nitrogens with one attached hydrogen (secondary N) is 2. The lowest BCUT2D eigenvalue weighted by atomic mass is 10.1. The number of nitrogens with two attached hydrogens (primary N) is 1. The van der Waals surface area contributed by atoms with E-state index in [0.29, 0.717) is 56.8 Å². The summed E-state index contributed by atoms with van der Waals surface area (Å²) in [6, 6.07) is 7.20. The van der Waals surface area contributed by atoms with Crippen molar-refractivity contribution < 1.29 is 33.6 Å². The summed E-state index contributed by atoms with van der Waals surface area (Å²) < 4.78 is 17.6. The van der Waals surface area contributed by atoms with E-state index in [0.717, 1.165) is 30.4 Å². The molecule has 0 bridgehead atoms.